The molecule has 0 spiro atoms. The van der Waals surface area contributed by atoms with Gasteiger partial charge in [0.05, 0.1) is 16.9 Å². The zero-order valence-electron chi connectivity index (χ0n) is 19.9. The largest absolute Gasteiger partial charge is 0.390 e. The Morgan fingerprint density at radius 2 is 2.00 bits per heavy atom. The Labute approximate surface area is 191 Å². The molecule has 0 amide bonds. The number of ketones is 1. The standard InChI is InChI=1S/C25H37N3O3Si/c1-16(29)21-14-26-24-20(5-6-28(24)15-31-7-8-32(2,3)4)23(21)27-22-18-9-17-10-19(22)13-25(30,11-17)12-18/h5-6,14,17-19,22,30H,7-13,15H2,1-4H3,(H,26,27)/t17-,18+,19-,22-,25+. The number of aliphatic hydroxyl groups is 1. The predicted molar refractivity (Wildman–Crippen MR) is 130 cm³/mol. The van der Waals surface area contributed by atoms with Crippen molar-refractivity contribution in [1.82, 2.24) is 9.55 Å². The zero-order valence-corrected chi connectivity index (χ0v) is 20.9. The smallest absolute Gasteiger partial charge is 0.163 e. The summed E-state index contributed by atoms with van der Waals surface area (Å²) in [5.74, 6) is 1.64. The number of nitrogens with zero attached hydrogens (tertiary/aromatic N) is 2. The Bertz CT molecular complexity index is 1010. The van der Waals surface area contributed by atoms with Crippen LogP contribution in [0.3, 0.4) is 0 Å². The maximum atomic E-state index is 12.5. The maximum absolute atomic E-state index is 12.5. The summed E-state index contributed by atoms with van der Waals surface area (Å²) in [6, 6.07) is 3.51. The summed E-state index contributed by atoms with van der Waals surface area (Å²) in [5, 5.41) is 15.7. The van der Waals surface area contributed by atoms with Crippen molar-refractivity contribution < 1.29 is 14.6 Å². The van der Waals surface area contributed by atoms with Crippen molar-refractivity contribution in [3.8, 4) is 0 Å². The van der Waals surface area contributed by atoms with E-state index >= 15 is 0 Å². The predicted octanol–water partition coefficient (Wildman–Crippen LogP) is 4.90. The Morgan fingerprint density at radius 3 is 2.62 bits per heavy atom. The van der Waals surface area contributed by atoms with Gasteiger partial charge in [0.15, 0.2) is 5.78 Å². The van der Waals surface area contributed by atoms with Gasteiger partial charge in [0, 0.05) is 38.5 Å². The van der Waals surface area contributed by atoms with Crippen LogP contribution in [0.4, 0.5) is 5.69 Å². The maximum Gasteiger partial charge on any atom is 0.163 e. The van der Waals surface area contributed by atoms with Gasteiger partial charge in [-0.15, -0.1) is 0 Å². The zero-order chi connectivity index (χ0) is 22.7. The second-order valence-electron chi connectivity index (χ2n) is 11.8. The van der Waals surface area contributed by atoms with Crippen LogP contribution < -0.4 is 5.32 Å². The fourth-order valence-corrected chi connectivity index (χ4v) is 7.35. The van der Waals surface area contributed by atoms with E-state index in [0.29, 0.717) is 36.1 Å². The fourth-order valence-electron chi connectivity index (χ4n) is 6.59. The molecule has 0 aromatic carbocycles. The highest BCUT2D eigenvalue weighted by Gasteiger charge is 2.54. The SMILES string of the molecule is CC(=O)c1cnc2c(ccn2COCC[Si](C)(C)C)c1N[C@H]1[C@@H]2C[C@H]3C[C@H]1C[C@@](O)(C3)C2. The second-order valence-corrected chi connectivity index (χ2v) is 17.5. The van der Waals surface area contributed by atoms with E-state index in [0.717, 1.165) is 48.6 Å². The molecule has 2 aromatic heterocycles. The van der Waals surface area contributed by atoms with Gasteiger partial charge in [0.25, 0.3) is 0 Å². The van der Waals surface area contributed by atoms with E-state index in [9.17, 15) is 9.90 Å². The summed E-state index contributed by atoms with van der Waals surface area (Å²) in [5.41, 5.74) is 1.96. The van der Waals surface area contributed by atoms with Gasteiger partial charge in [0.2, 0.25) is 0 Å². The molecular weight excluding hydrogens is 418 g/mol. The highest BCUT2D eigenvalue weighted by atomic mass is 28.3. The Morgan fingerprint density at radius 1 is 1.28 bits per heavy atom. The summed E-state index contributed by atoms with van der Waals surface area (Å²) >= 11 is 0. The molecule has 4 fully saturated rings. The normalized spacial score (nSPS) is 31.4. The Kier molecular flexibility index (Phi) is 5.50. The molecule has 4 bridgehead atoms. The molecule has 0 aliphatic heterocycles. The van der Waals surface area contributed by atoms with Crippen molar-refractivity contribution in [3.63, 3.8) is 0 Å². The quantitative estimate of drug-likeness (QED) is 0.336. The molecule has 6 rings (SSSR count). The van der Waals surface area contributed by atoms with Crippen molar-refractivity contribution in [2.24, 2.45) is 17.8 Å². The van der Waals surface area contributed by atoms with E-state index in [1.54, 1.807) is 13.1 Å². The number of carbonyl (C=O) groups is 1. The molecule has 0 saturated heterocycles. The summed E-state index contributed by atoms with van der Waals surface area (Å²) < 4.78 is 8.00. The van der Waals surface area contributed by atoms with Crippen LogP contribution in [0.1, 0.15) is 49.4 Å². The summed E-state index contributed by atoms with van der Waals surface area (Å²) in [4.78, 5) is 17.1. The Balaban J connectivity index is 1.40. The molecule has 2 heterocycles. The van der Waals surface area contributed by atoms with Crippen molar-refractivity contribution in [3.05, 3.63) is 24.0 Å². The second kappa shape index (κ2) is 7.96. The van der Waals surface area contributed by atoms with E-state index < -0.39 is 13.7 Å². The number of ether oxygens (including phenoxy) is 1. The number of Topliss-reactive ketones (excluding diaryl/α,β-unsaturated/α-hetero) is 1. The number of anilines is 1. The number of carbonyl (C=O) groups excluding carboxylic acids is 1. The minimum Gasteiger partial charge on any atom is -0.390 e. The van der Waals surface area contributed by atoms with Crippen LogP contribution in [0.2, 0.25) is 25.7 Å². The minimum atomic E-state index is -1.12. The first-order valence-electron chi connectivity index (χ1n) is 12.2. The molecule has 6 nitrogen and oxygen atoms in total. The van der Waals surface area contributed by atoms with Crippen molar-refractivity contribution in [2.75, 3.05) is 11.9 Å². The van der Waals surface area contributed by atoms with Gasteiger partial charge >= 0.3 is 0 Å². The third-order valence-corrected chi connectivity index (χ3v) is 9.65. The van der Waals surface area contributed by atoms with Gasteiger partial charge in [-0.3, -0.25) is 4.79 Å². The van der Waals surface area contributed by atoms with Gasteiger partial charge in [-0.2, -0.15) is 0 Å². The number of fused-ring (bicyclic) bond motifs is 1. The average Bonchev–Trinajstić information content (AvgIpc) is 3.09. The number of hydrogen-bond donors (Lipinski definition) is 2. The van der Waals surface area contributed by atoms with Crippen molar-refractivity contribution in [1.29, 1.82) is 0 Å². The number of nitrogens with one attached hydrogen (secondary N) is 1. The van der Waals surface area contributed by atoms with Crippen molar-refractivity contribution >= 4 is 30.6 Å². The number of rotatable bonds is 8. The molecule has 4 saturated carbocycles. The van der Waals surface area contributed by atoms with Crippen LogP contribution in [0.25, 0.3) is 11.0 Å². The van der Waals surface area contributed by atoms with Crippen LogP contribution in [-0.4, -0.2) is 46.8 Å². The van der Waals surface area contributed by atoms with Gasteiger partial charge in [0.1, 0.15) is 12.4 Å². The molecule has 4 aliphatic rings. The van der Waals surface area contributed by atoms with Gasteiger partial charge < -0.3 is 19.7 Å². The minimum absolute atomic E-state index is 0.0310. The van der Waals surface area contributed by atoms with Crippen LogP contribution in [0.5, 0.6) is 0 Å². The monoisotopic (exact) mass is 455 g/mol. The molecule has 174 valence electrons. The summed E-state index contributed by atoms with van der Waals surface area (Å²) in [6.45, 7) is 9.92. The molecule has 0 radical (unpaired) electrons. The molecular formula is C25H37N3O3Si. The van der Waals surface area contributed by atoms with Crippen LogP contribution in [-0.2, 0) is 11.5 Å². The molecule has 7 heteroatoms. The molecule has 5 atom stereocenters. The van der Waals surface area contributed by atoms with E-state index in [1.165, 1.54) is 12.8 Å². The van der Waals surface area contributed by atoms with Gasteiger partial charge in [-0.25, -0.2) is 4.98 Å². The van der Waals surface area contributed by atoms with E-state index in [-0.39, 0.29) is 5.78 Å². The average molecular weight is 456 g/mol. The fraction of sp³-hybridized carbons (Fsp3) is 0.680. The van der Waals surface area contributed by atoms with E-state index in [4.69, 9.17) is 4.74 Å². The van der Waals surface area contributed by atoms with Crippen LogP contribution >= 0.6 is 0 Å². The molecule has 0 unspecified atom stereocenters. The van der Waals surface area contributed by atoms with Crippen molar-refractivity contribution in [2.45, 2.75) is 83.1 Å². The van der Waals surface area contributed by atoms with E-state index in [2.05, 4.69) is 36.0 Å². The highest BCUT2D eigenvalue weighted by Crippen LogP contribution is 2.56. The first-order chi connectivity index (χ1) is 15.1. The lowest BCUT2D eigenvalue weighted by Gasteiger charge is -2.58. The molecule has 2 N–H and O–H groups in total. The molecule has 2 aromatic rings. The Hall–Kier alpha value is -1.70. The first-order valence-corrected chi connectivity index (χ1v) is 15.9. The molecule has 32 heavy (non-hydrogen) atoms. The number of pyridine rings is 1. The summed E-state index contributed by atoms with van der Waals surface area (Å²) in [7, 11) is -1.12. The van der Waals surface area contributed by atoms with E-state index in [1.807, 2.05) is 10.8 Å². The lowest BCUT2D eigenvalue weighted by Crippen LogP contribution is -2.59. The lowest BCUT2D eigenvalue weighted by atomic mass is 9.52. The van der Waals surface area contributed by atoms with Crippen LogP contribution in [0.15, 0.2) is 18.5 Å². The topological polar surface area (TPSA) is 76.4 Å². The third kappa shape index (κ3) is 4.15. The first kappa shape index (κ1) is 22.1. The lowest BCUT2D eigenvalue weighted by molar-refractivity contribution is -0.129. The van der Waals surface area contributed by atoms with Crippen LogP contribution in [0, 0.1) is 17.8 Å². The summed E-state index contributed by atoms with van der Waals surface area (Å²) in [6.07, 6.45) is 8.85. The molecule has 4 aliphatic carbocycles. The van der Waals surface area contributed by atoms with Gasteiger partial charge in [-0.1, -0.05) is 19.6 Å². The number of hydrogen-bond acceptors (Lipinski definition) is 5. The number of aromatic nitrogens is 2. The van der Waals surface area contributed by atoms with Gasteiger partial charge in [-0.05, 0) is 68.9 Å². The third-order valence-electron chi connectivity index (χ3n) is 7.95. The highest BCUT2D eigenvalue weighted by molar-refractivity contribution is 6.76.